The van der Waals surface area contributed by atoms with Gasteiger partial charge in [-0.05, 0) is 57.5 Å². The fourth-order valence-corrected chi connectivity index (χ4v) is 2.99. The van der Waals surface area contributed by atoms with Crippen LogP contribution in [0, 0.1) is 5.92 Å². The minimum absolute atomic E-state index is 0. The SMILES string of the molecule is CC(C)Oc1cc(Br)cc(C(=O)NC2CCNCC2C)c1.Cl. The van der Waals surface area contributed by atoms with Crippen molar-refractivity contribution >= 4 is 34.2 Å². The van der Waals surface area contributed by atoms with Gasteiger partial charge < -0.3 is 15.4 Å². The average Bonchev–Trinajstić information content (AvgIpc) is 2.40. The lowest BCUT2D eigenvalue weighted by Gasteiger charge is -2.30. The van der Waals surface area contributed by atoms with Gasteiger partial charge in [0.15, 0.2) is 0 Å². The predicted molar refractivity (Wildman–Crippen MR) is 95.1 cm³/mol. The number of amides is 1. The first-order chi connectivity index (χ1) is 9.95. The largest absolute Gasteiger partial charge is 0.491 e. The molecule has 0 aliphatic carbocycles. The van der Waals surface area contributed by atoms with Crippen LogP contribution in [-0.4, -0.2) is 31.1 Å². The number of hydrogen-bond donors (Lipinski definition) is 2. The molecule has 2 rings (SSSR count). The molecule has 1 aliphatic heterocycles. The molecule has 0 saturated carbocycles. The topological polar surface area (TPSA) is 50.4 Å². The first-order valence-corrected chi connectivity index (χ1v) is 8.24. The molecule has 0 spiro atoms. The zero-order valence-electron chi connectivity index (χ0n) is 13.2. The third-order valence-electron chi connectivity index (χ3n) is 3.61. The average molecular weight is 392 g/mol. The van der Waals surface area contributed by atoms with Crippen LogP contribution in [0.15, 0.2) is 22.7 Å². The molecule has 1 amide bonds. The molecular formula is C16H24BrClN2O2. The van der Waals surface area contributed by atoms with E-state index in [2.05, 4.69) is 33.5 Å². The summed E-state index contributed by atoms with van der Waals surface area (Å²) >= 11 is 3.44. The molecule has 2 atom stereocenters. The lowest BCUT2D eigenvalue weighted by atomic mass is 9.95. The van der Waals surface area contributed by atoms with Gasteiger partial charge >= 0.3 is 0 Å². The van der Waals surface area contributed by atoms with Gasteiger partial charge in [0.1, 0.15) is 5.75 Å². The third kappa shape index (κ3) is 5.45. The summed E-state index contributed by atoms with van der Waals surface area (Å²) in [5, 5.41) is 6.48. The van der Waals surface area contributed by atoms with Crippen LogP contribution in [0.3, 0.4) is 0 Å². The zero-order chi connectivity index (χ0) is 15.4. The number of piperidine rings is 1. The molecule has 1 aromatic rings. The van der Waals surface area contributed by atoms with Crippen molar-refractivity contribution in [2.75, 3.05) is 13.1 Å². The van der Waals surface area contributed by atoms with Gasteiger partial charge in [-0.15, -0.1) is 12.4 Å². The van der Waals surface area contributed by atoms with Crippen LogP contribution < -0.4 is 15.4 Å². The van der Waals surface area contributed by atoms with Crippen molar-refractivity contribution in [3.8, 4) is 5.75 Å². The number of carbonyl (C=O) groups excluding carboxylic acids is 1. The van der Waals surface area contributed by atoms with Gasteiger partial charge in [0.25, 0.3) is 5.91 Å². The fourth-order valence-electron chi connectivity index (χ4n) is 2.51. The van der Waals surface area contributed by atoms with E-state index in [0.29, 0.717) is 17.2 Å². The van der Waals surface area contributed by atoms with E-state index in [9.17, 15) is 4.79 Å². The molecule has 0 radical (unpaired) electrons. The molecule has 1 saturated heterocycles. The Labute approximate surface area is 146 Å². The number of benzene rings is 1. The first kappa shape index (κ1) is 19.3. The van der Waals surface area contributed by atoms with Crippen molar-refractivity contribution in [1.29, 1.82) is 0 Å². The van der Waals surface area contributed by atoms with Gasteiger partial charge in [-0.1, -0.05) is 22.9 Å². The van der Waals surface area contributed by atoms with Crippen LogP contribution in [0.1, 0.15) is 37.6 Å². The molecule has 22 heavy (non-hydrogen) atoms. The Hall–Kier alpha value is -0.780. The van der Waals surface area contributed by atoms with Crippen LogP contribution in [0.5, 0.6) is 5.75 Å². The van der Waals surface area contributed by atoms with Crippen LogP contribution in [0.2, 0.25) is 0 Å². The number of halogens is 2. The highest BCUT2D eigenvalue weighted by molar-refractivity contribution is 9.10. The molecule has 2 unspecified atom stereocenters. The maximum atomic E-state index is 12.4. The summed E-state index contributed by atoms with van der Waals surface area (Å²) in [5.41, 5.74) is 0.630. The van der Waals surface area contributed by atoms with Crippen molar-refractivity contribution in [3.63, 3.8) is 0 Å². The van der Waals surface area contributed by atoms with Crippen LogP contribution >= 0.6 is 28.3 Å². The minimum Gasteiger partial charge on any atom is -0.491 e. The van der Waals surface area contributed by atoms with Crippen molar-refractivity contribution < 1.29 is 9.53 Å². The molecule has 2 N–H and O–H groups in total. The van der Waals surface area contributed by atoms with E-state index in [1.807, 2.05) is 26.0 Å². The molecule has 1 heterocycles. The van der Waals surface area contributed by atoms with Crippen LogP contribution in [0.4, 0.5) is 0 Å². The van der Waals surface area contributed by atoms with Gasteiger partial charge in [-0.25, -0.2) is 0 Å². The van der Waals surface area contributed by atoms with Crippen LogP contribution in [-0.2, 0) is 0 Å². The fraction of sp³-hybridized carbons (Fsp3) is 0.562. The number of rotatable bonds is 4. The third-order valence-corrected chi connectivity index (χ3v) is 4.06. The van der Waals surface area contributed by atoms with Crippen molar-refractivity contribution in [2.24, 2.45) is 5.92 Å². The number of ether oxygens (including phenoxy) is 1. The standard InChI is InChI=1S/C16H23BrN2O2.ClH/c1-10(2)21-14-7-12(6-13(17)8-14)16(20)19-15-4-5-18-9-11(15)3;/h6-8,10-11,15,18H,4-5,9H2,1-3H3,(H,19,20);1H. The summed E-state index contributed by atoms with van der Waals surface area (Å²) in [6, 6.07) is 5.73. The molecule has 124 valence electrons. The summed E-state index contributed by atoms with van der Waals surface area (Å²) < 4.78 is 6.53. The van der Waals surface area contributed by atoms with Crippen molar-refractivity contribution in [3.05, 3.63) is 28.2 Å². The van der Waals surface area contributed by atoms with Gasteiger partial charge in [0.05, 0.1) is 6.10 Å². The summed E-state index contributed by atoms with van der Waals surface area (Å²) in [5.74, 6) is 1.12. The molecule has 0 aromatic heterocycles. The summed E-state index contributed by atoms with van der Waals surface area (Å²) in [6.07, 6.45) is 1.05. The van der Waals surface area contributed by atoms with E-state index in [1.165, 1.54) is 0 Å². The van der Waals surface area contributed by atoms with Crippen LogP contribution in [0.25, 0.3) is 0 Å². The van der Waals surface area contributed by atoms with Gasteiger partial charge in [-0.2, -0.15) is 0 Å². The maximum Gasteiger partial charge on any atom is 0.251 e. The van der Waals surface area contributed by atoms with Gasteiger partial charge in [-0.3, -0.25) is 4.79 Å². The first-order valence-electron chi connectivity index (χ1n) is 7.44. The Bertz CT molecular complexity index is 511. The second-order valence-electron chi connectivity index (χ2n) is 5.89. The smallest absolute Gasteiger partial charge is 0.251 e. The lowest BCUT2D eigenvalue weighted by molar-refractivity contribution is 0.0913. The maximum absolute atomic E-state index is 12.4. The van der Waals surface area contributed by atoms with E-state index in [-0.39, 0.29) is 30.5 Å². The number of nitrogens with one attached hydrogen (secondary N) is 2. The molecule has 1 aromatic carbocycles. The predicted octanol–water partition coefficient (Wildman–Crippen LogP) is 3.39. The highest BCUT2D eigenvalue weighted by atomic mass is 79.9. The Kier molecular flexibility index (Phi) is 7.66. The van der Waals surface area contributed by atoms with E-state index >= 15 is 0 Å². The van der Waals surface area contributed by atoms with Gasteiger partial charge in [0, 0.05) is 16.1 Å². The number of hydrogen-bond acceptors (Lipinski definition) is 3. The lowest BCUT2D eigenvalue weighted by Crippen LogP contribution is -2.48. The van der Waals surface area contributed by atoms with E-state index in [4.69, 9.17) is 4.74 Å². The quantitative estimate of drug-likeness (QED) is 0.827. The molecular weight excluding hydrogens is 368 g/mol. The number of carbonyl (C=O) groups is 1. The second-order valence-corrected chi connectivity index (χ2v) is 6.81. The monoisotopic (exact) mass is 390 g/mol. The molecule has 1 aliphatic rings. The summed E-state index contributed by atoms with van der Waals surface area (Å²) in [4.78, 5) is 12.4. The Morgan fingerprint density at radius 3 is 2.77 bits per heavy atom. The van der Waals surface area contributed by atoms with E-state index in [0.717, 1.165) is 24.0 Å². The Morgan fingerprint density at radius 1 is 1.41 bits per heavy atom. The minimum atomic E-state index is -0.0383. The van der Waals surface area contributed by atoms with Gasteiger partial charge in [0.2, 0.25) is 0 Å². The molecule has 6 heteroatoms. The highest BCUT2D eigenvalue weighted by Crippen LogP contribution is 2.23. The Balaban J connectivity index is 0.00000242. The normalized spacial score (nSPS) is 21.1. The zero-order valence-corrected chi connectivity index (χ0v) is 15.6. The molecule has 4 nitrogen and oxygen atoms in total. The molecule has 1 fully saturated rings. The Morgan fingerprint density at radius 2 is 2.14 bits per heavy atom. The van der Waals surface area contributed by atoms with E-state index in [1.54, 1.807) is 6.07 Å². The second kappa shape index (κ2) is 8.75. The highest BCUT2D eigenvalue weighted by Gasteiger charge is 2.23. The molecule has 0 bridgehead atoms. The van der Waals surface area contributed by atoms with Crippen molar-refractivity contribution in [2.45, 2.75) is 39.3 Å². The summed E-state index contributed by atoms with van der Waals surface area (Å²) in [7, 11) is 0. The summed E-state index contributed by atoms with van der Waals surface area (Å²) in [6.45, 7) is 8.00. The van der Waals surface area contributed by atoms with Crippen molar-refractivity contribution in [1.82, 2.24) is 10.6 Å². The van der Waals surface area contributed by atoms with E-state index < -0.39 is 0 Å².